The van der Waals surface area contributed by atoms with Gasteiger partial charge in [0, 0.05) is 24.6 Å². The minimum atomic E-state index is -0.467. The summed E-state index contributed by atoms with van der Waals surface area (Å²) in [7, 11) is 0. The van der Waals surface area contributed by atoms with Crippen LogP contribution in [0.3, 0.4) is 0 Å². The lowest BCUT2D eigenvalue weighted by atomic mass is 9.89. The molecule has 1 heterocycles. The Morgan fingerprint density at radius 3 is 2.60 bits per heavy atom. The predicted molar refractivity (Wildman–Crippen MR) is 96.5 cm³/mol. The van der Waals surface area contributed by atoms with Gasteiger partial charge in [-0.2, -0.15) is 0 Å². The van der Waals surface area contributed by atoms with Gasteiger partial charge in [0.05, 0.1) is 4.92 Å². The molecule has 1 aromatic rings. The van der Waals surface area contributed by atoms with Crippen molar-refractivity contribution in [2.45, 2.75) is 12.8 Å². The molecule has 6 nitrogen and oxygen atoms in total. The van der Waals surface area contributed by atoms with E-state index in [1.54, 1.807) is 18.4 Å². The van der Waals surface area contributed by atoms with Crippen LogP contribution >= 0.6 is 11.8 Å². The number of rotatable bonds is 8. The van der Waals surface area contributed by atoms with Gasteiger partial charge in [0.15, 0.2) is 5.78 Å². The Bertz CT molecular complexity index is 629. The maximum atomic E-state index is 12.9. The van der Waals surface area contributed by atoms with Crippen LogP contribution in [0.2, 0.25) is 0 Å². The number of nitro groups is 1. The minimum Gasteiger partial charge on any atom is -0.374 e. The lowest BCUT2D eigenvalue weighted by Crippen LogP contribution is -2.39. The summed E-state index contributed by atoms with van der Waals surface area (Å²) in [6.07, 6.45) is 4.31. The molecule has 1 saturated heterocycles. The lowest BCUT2D eigenvalue weighted by molar-refractivity contribution is -0.403. The highest BCUT2D eigenvalue weighted by Crippen LogP contribution is 2.22. The van der Waals surface area contributed by atoms with Gasteiger partial charge in [-0.05, 0) is 56.5 Å². The van der Waals surface area contributed by atoms with Crippen LogP contribution in [-0.4, -0.2) is 48.0 Å². The number of carbonyl (C=O) groups excluding carboxylic acids is 1. The van der Waals surface area contributed by atoms with E-state index in [1.165, 1.54) is 23.9 Å². The molecule has 1 aromatic carbocycles. The smallest absolute Gasteiger partial charge is 0.263 e. The molecule has 0 spiro atoms. The number of nitrogens with zero attached hydrogens (tertiary/aromatic N) is 2. The normalized spacial score (nSPS) is 16.6. The van der Waals surface area contributed by atoms with E-state index in [2.05, 4.69) is 10.2 Å². The Hall–Kier alpha value is -1.93. The molecule has 1 aliphatic heterocycles. The molecular weight excluding hydrogens is 345 g/mol. The largest absolute Gasteiger partial charge is 0.374 e. The van der Waals surface area contributed by atoms with E-state index in [0.29, 0.717) is 17.1 Å². The van der Waals surface area contributed by atoms with Crippen molar-refractivity contribution in [3.8, 4) is 0 Å². The van der Waals surface area contributed by atoms with E-state index < -0.39 is 4.92 Å². The van der Waals surface area contributed by atoms with E-state index in [-0.39, 0.29) is 17.5 Å². The topological polar surface area (TPSA) is 75.5 Å². The number of piperidine rings is 1. The highest BCUT2D eigenvalue weighted by molar-refractivity contribution is 8.02. The van der Waals surface area contributed by atoms with Crippen LogP contribution in [-0.2, 0) is 0 Å². The van der Waals surface area contributed by atoms with E-state index >= 15 is 0 Å². The van der Waals surface area contributed by atoms with Gasteiger partial charge in [0.2, 0.25) is 0 Å². The van der Waals surface area contributed by atoms with E-state index in [0.717, 1.165) is 38.7 Å². The highest BCUT2D eigenvalue weighted by Gasteiger charge is 2.25. The first-order valence-electron chi connectivity index (χ1n) is 8.15. The fourth-order valence-corrected chi connectivity index (χ4v) is 3.31. The zero-order valence-corrected chi connectivity index (χ0v) is 14.9. The summed E-state index contributed by atoms with van der Waals surface area (Å²) in [4.78, 5) is 24.7. The molecule has 1 fully saturated rings. The van der Waals surface area contributed by atoms with Crippen LogP contribution in [0.25, 0.3) is 0 Å². The third kappa shape index (κ3) is 6.13. The van der Waals surface area contributed by atoms with E-state index in [1.807, 2.05) is 0 Å². The summed E-state index contributed by atoms with van der Waals surface area (Å²) in [5.41, 5.74) is 0.566. The van der Waals surface area contributed by atoms with E-state index in [4.69, 9.17) is 0 Å². The second kappa shape index (κ2) is 9.53. The standard InChI is InChI=1S/C17H22FN3O3S/c1-25-16(12-21(23)24)19-8-11-20-9-6-14(7-10-20)17(22)13-2-4-15(18)5-3-13/h2-5,12,14,19H,6-11H2,1H3. The molecule has 0 saturated carbocycles. The fraction of sp³-hybridized carbons (Fsp3) is 0.471. The Kier molecular flexibility index (Phi) is 7.39. The molecule has 0 bridgehead atoms. The maximum Gasteiger partial charge on any atom is 0.263 e. The molecule has 0 aromatic heterocycles. The molecular formula is C17H22FN3O3S. The minimum absolute atomic E-state index is 0.0224. The van der Waals surface area contributed by atoms with Gasteiger partial charge in [-0.3, -0.25) is 14.9 Å². The van der Waals surface area contributed by atoms with Gasteiger partial charge in [0.1, 0.15) is 10.8 Å². The van der Waals surface area contributed by atoms with Gasteiger partial charge >= 0.3 is 0 Å². The van der Waals surface area contributed by atoms with Crippen molar-refractivity contribution in [3.63, 3.8) is 0 Å². The first kappa shape index (κ1) is 19.4. The summed E-state index contributed by atoms with van der Waals surface area (Å²) in [6.45, 7) is 3.02. The third-order valence-corrected chi connectivity index (χ3v) is 4.95. The Balaban J connectivity index is 1.75. The fourth-order valence-electron chi connectivity index (χ4n) is 2.87. The van der Waals surface area contributed by atoms with Crippen molar-refractivity contribution in [2.24, 2.45) is 5.92 Å². The Morgan fingerprint density at radius 2 is 2.04 bits per heavy atom. The number of benzene rings is 1. The predicted octanol–water partition coefficient (Wildman–Crippen LogP) is 2.75. The molecule has 1 N–H and O–H groups in total. The number of hydrogen-bond acceptors (Lipinski definition) is 6. The molecule has 2 rings (SSSR count). The average molecular weight is 367 g/mol. The maximum absolute atomic E-state index is 12.9. The molecule has 136 valence electrons. The second-order valence-corrected chi connectivity index (χ2v) is 6.74. The van der Waals surface area contributed by atoms with Crippen molar-refractivity contribution in [3.05, 3.63) is 57.0 Å². The monoisotopic (exact) mass is 367 g/mol. The summed E-state index contributed by atoms with van der Waals surface area (Å²) < 4.78 is 12.9. The van der Waals surface area contributed by atoms with Crippen LogP contribution in [0.15, 0.2) is 35.5 Å². The van der Waals surface area contributed by atoms with Gasteiger partial charge in [-0.25, -0.2) is 4.39 Å². The van der Waals surface area contributed by atoms with Crippen molar-refractivity contribution >= 4 is 17.5 Å². The molecule has 0 aliphatic carbocycles. The summed E-state index contributed by atoms with van der Waals surface area (Å²) in [5.74, 6) is -0.281. The molecule has 0 amide bonds. The van der Waals surface area contributed by atoms with Crippen LogP contribution in [0, 0.1) is 21.8 Å². The van der Waals surface area contributed by atoms with Crippen LogP contribution in [0.4, 0.5) is 4.39 Å². The molecule has 1 aliphatic rings. The molecule has 0 atom stereocenters. The zero-order valence-electron chi connectivity index (χ0n) is 14.1. The van der Waals surface area contributed by atoms with Crippen LogP contribution < -0.4 is 5.32 Å². The van der Waals surface area contributed by atoms with Gasteiger partial charge in [-0.15, -0.1) is 11.8 Å². The summed E-state index contributed by atoms with van der Waals surface area (Å²) in [5, 5.41) is 14.1. The number of thioether (sulfide) groups is 1. The van der Waals surface area contributed by atoms with Crippen LogP contribution in [0.1, 0.15) is 23.2 Å². The third-order valence-electron chi connectivity index (χ3n) is 4.26. The molecule has 25 heavy (non-hydrogen) atoms. The first-order valence-corrected chi connectivity index (χ1v) is 9.37. The lowest BCUT2D eigenvalue weighted by Gasteiger charge is -2.31. The zero-order chi connectivity index (χ0) is 18.2. The van der Waals surface area contributed by atoms with Crippen molar-refractivity contribution in [2.75, 3.05) is 32.4 Å². The molecule has 0 unspecified atom stereocenters. The Labute approximate surface area is 150 Å². The molecule has 0 radical (unpaired) electrons. The SMILES string of the molecule is CSC(=C[N+](=O)[O-])NCCN1CCC(C(=O)c2ccc(F)cc2)CC1. The van der Waals surface area contributed by atoms with Crippen molar-refractivity contribution in [1.82, 2.24) is 10.2 Å². The number of halogens is 1. The number of likely N-dealkylation sites (tertiary alicyclic amines) is 1. The summed E-state index contributed by atoms with van der Waals surface area (Å²) in [6, 6.07) is 5.71. The first-order chi connectivity index (χ1) is 12.0. The van der Waals surface area contributed by atoms with Crippen LogP contribution in [0.5, 0.6) is 0 Å². The van der Waals surface area contributed by atoms with E-state index in [9.17, 15) is 19.3 Å². The van der Waals surface area contributed by atoms with Gasteiger partial charge in [0.25, 0.3) is 6.20 Å². The number of ketones is 1. The second-order valence-electron chi connectivity index (χ2n) is 5.90. The van der Waals surface area contributed by atoms with Crippen molar-refractivity contribution < 1.29 is 14.1 Å². The van der Waals surface area contributed by atoms with Crippen molar-refractivity contribution in [1.29, 1.82) is 0 Å². The number of Topliss-reactive ketones (excluding diaryl/α,β-unsaturated/α-hetero) is 1. The summed E-state index contributed by atoms with van der Waals surface area (Å²) >= 11 is 1.31. The Morgan fingerprint density at radius 1 is 1.40 bits per heavy atom. The van der Waals surface area contributed by atoms with Gasteiger partial charge in [-0.1, -0.05) is 0 Å². The quantitative estimate of drug-likeness (QED) is 0.433. The van der Waals surface area contributed by atoms with Gasteiger partial charge < -0.3 is 10.2 Å². The highest BCUT2D eigenvalue weighted by atomic mass is 32.2. The average Bonchev–Trinajstić information content (AvgIpc) is 2.61. The molecule has 8 heteroatoms. The number of nitrogens with one attached hydrogen (secondary N) is 1. The number of hydrogen-bond donors (Lipinski definition) is 1. The number of carbonyl (C=O) groups is 1.